The fraction of sp³-hybridized carbons (Fsp3) is 0.308. The van der Waals surface area contributed by atoms with Gasteiger partial charge in [-0.2, -0.15) is 0 Å². The zero-order valence-electron chi connectivity index (χ0n) is 11.1. The van der Waals surface area contributed by atoms with Gasteiger partial charge >= 0.3 is 12.0 Å². The van der Waals surface area contributed by atoms with E-state index in [4.69, 9.17) is 10.8 Å². The number of rotatable bonds is 6. The van der Waals surface area contributed by atoms with Gasteiger partial charge in [0.25, 0.3) is 0 Å². The zero-order chi connectivity index (χ0) is 15.1. The van der Waals surface area contributed by atoms with Crippen molar-refractivity contribution in [3.05, 3.63) is 35.4 Å². The number of nitrogens with zero attached hydrogens (tertiary/aromatic N) is 1. The van der Waals surface area contributed by atoms with Crippen molar-refractivity contribution in [1.82, 2.24) is 10.2 Å². The van der Waals surface area contributed by atoms with Crippen molar-refractivity contribution >= 4 is 17.9 Å². The summed E-state index contributed by atoms with van der Waals surface area (Å²) in [6.07, 6.45) is 0. The van der Waals surface area contributed by atoms with Crippen LogP contribution in [0.25, 0.3) is 0 Å². The Labute approximate surface area is 116 Å². The van der Waals surface area contributed by atoms with Gasteiger partial charge in [0.15, 0.2) is 0 Å². The van der Waals surface area contributed by atoms with Gasteiger partial charge in [-0.25, -0.2) is 9.59 Å². The van der Waals surface area contributed by atoms with E-state index in [1.807, 2.05) is 0 Å². The fourth-order valence-corrected chi connectivity index (χ4v) is 1.57. The van der Waals surface area contributed by atoms with Crippen LogP contribution in [0.3, 0.4) is 0 Å². The first kappa shape index (κ1) is 15.5. The van der Waals surface area contributed by atoms with Crippen LogP contribution in [0.15, 0.2) is 24.3 Å². The molecule has 0 saturated heterocycles. The Morgan fingerprint density at radius 3 is 2.30 bits per heavy atom. The number of likely N-dealkylation sites (N-methyl/N-ethyl adjacent to an activating group) is 1. The maximum Gasteiger partial charge on any atom is 0.335 e. The van der Waals surface area contributed by atoms with Gasteiger partial charge in [-0.05, 0) is 24.6 Å². The zero-order valence-corrected chi connectivity index (χ0v) is 11.1. The number of amides is 3. The Hall–Kier alpha value is -2.57. The molecule has 20 heavy (non-hydrogen) atoms. The van der Waals surface area contributed by atoms with Crippen LogP contribution in [0.1, 0.15) is 22.8 Å². The molecule has 0 spiro atoms. The minimum Gasteiger partial charge on any atom is -0.478 e. The molecule has 0 aliphatic rings. The minimum atomic E-state index is -1.00. The standard InChI is InChI=1S/C13H17N3O4/c1-2-16(8-11(14)17)13(20)15-7-9-3-5-10(6-4-9)12(18)19/h3-6H,2,7-8H2,1H3,(H2,14,17)(H,15,20)(H,18,19). The summed E-state index contributed by atoms with van der Waals surface area (Å²) >= 11 is 0. The Morgan fingerprint density at radius 1 is 1.25 bits per heavy atom. The maximum atomic E-state index is 11.8. The van der Waals surface area contributed by atoms with Crippen LogP contribution in [0.2, 0.25) is 0 Å². The van der Waals surface area contributed by atoms with Gasteiger partial charge in [0.1, 0.15) is 6.54 Å². The van der Waals surface area contributed by atoms with Crippen LogP contribution < -0.4 is 11.1 Å². The van der Waals surface area contributed by atoms with Gasteiger partial charge in [-0.1, -0.05) is 12.1 Å². The van der Waals surface area contributed by atoms with E-state index >= 15 is 0 Å². The summed E-state index contributed by atoms with van der Waals surface area (Å²) in [5.74, 6) is -1.58. The van der Waals surface area contributed by atoms with Crippen molar-refractivity contribution < 1.29 is 19.5 Å². The molecule has 0 radical (unpaired) electrons. The third kappa shape index (κ3) is 4.60. The summed E-state index contributed by atoms with van der Waals surface area (Å²) in [6, 6.07) is 5.77. The van der Waals surface area contributed by atoms with E-state index < -0.39 is 17.9 Å². The van der Waals surface area contributed by atoms with Crippen molar-refractivity contribution in [2.75, 3.05) is 13.1 Å². The monoisotopic (exact) mass is 279 g/mol. The molecule has 0 fully saturated rings. The largest absolute Gasteiger partial charge is 0.478 e. The molecule has 1 aromatic rings. The highest BCUT2D eigenvalue weighted by Gasteiger charge is 2.13. The SMILES string of the molecule is CCN(CC(N)=O)C(=O)NCc1ccc(C(=O)O)cc1. The average Bonchev–Trinajstić information content (AvgIpc) is 2.42. The van der Waals surface area contributed by atoms with Crippen LogP contribution in [-0.2, 0) is 11.3 Å². The van der Waals surface area contributed by atoms with E-state index in [1.54, 1.807) is 19.1 Å². The molecule has 3 amide bonds. The molecule has 108 valence electrons. The fourth-order valence-electron chi connectivity index (χ4n) is 1.57. The number of carbonyl (C=O) groups excluding carboxylic acids is 2. The predicted octanol–water partition coefficient (Wildman–Crippen LogP) is 0.402. The van der Waals surface area contributed by atoms with E-state index in [0.29, 0.717) is 6.54 Å². The second-order valence-corrected chi connectivity index (χ2v) is 4.14. The van der Waals surface area contributed by atoms with Crippen molar-refractivity contribution in [1.29, 1.82) is 0 Å². The van der Waals surface area contributed by atoms with Crippen LogP contribution in [0.5, 0.6) is 0 Å². The van der Waals surface area contributed by atoms with E-state index in [1.165, 1.54) is 17.0 Å². The predicted molar refractivity (Wildman–Crippen MR) is 72.1 cm³/mol. The molecule has 4 N–H and O–H groups in total. The van der Waals surface area contributed by atoms with Gasteiger partial charge in [0.05, 0.1) is 5.56 Å². The Kier molecular flexibility index (Phi) is 5.52. The summed E-state index contributed by atoms with van der Waals surface area (Å²) < 4.78 is 0. The lowest BCUT2D eigenvalue weighted by Gasteiger charge is -2.19. The van der Waals surface area contributed by atoms with Gasteiger partial charge in [0.2, 0.25) is 5.91 Å². The van der Waals surface area contributed by atoms with Crippen LogP contribution >= 0.6 is 0 Å². The van der Waals surface area contributed by atoms with Gasteiger partial charge in [0, 0.05) is 13.1 Å². The molecule has 0 atom stereocenters. The Morgan fingerprint density at radius 2 is 1.85 bits per heavy atom. The molecule has 0 aliphatic carbocycles. The summed E-state index contributed by atoms with van der Waals surface area (Å²) in [4.78, 5) is 34.5. The van der Waals surface area contributed by atoms with Gasteiger partial charge in [-0.3, -0.25) is 4.79 Å². The van der Waals surface area contributed by atoms with Gasteiger partial charge in [-0.15, -0.1) is 0 Å². The number of carbonyl (C=O) groups is 3. The number of hydrogen-bond acceptors (Lipinski definition) is 3. The first-order valence-corrected chi connectivity index (χ1v) is 6.07. The van der Waals surface area contributed by atoms with Crippen LogP contribution in [-0.4, -0.2) is 41.0 Å². The van der Waals surface area contributed by atoms with Crippen molar-refractivity contribution in [2.45, 2.75) is 13.5 Å². The van der Waals surface area contributed by atoms with Crippen LogP contribution in [0.4, 0.5) is 4.79 Å². The number of aromatic carboxylic acids is 1. The first-order valence-electron chi connectivity index (χ1n) is 6.07. The molecule has 0 unspecified atom stereocenters. The molecular formula is C13H17N3O4. The quantitative estimate of drug-likeness (QED) is 0.699. The highest BCUT2D eigenvalue weighted by Crippen LogP contribution is 2.04. The highest BCUT2D eigenvalue weighted by atomic mass is 16.4. The summed E-state index contributed by atoms with van der Waals surface area (Å²) in [7, 11) is 0. The minimum absolute atomic E-state index is 0.139. The molecule has 7 heteroatoms. The maximum absolute atomic E-state index is 11.8. The summed E-state index contributed by atoms with van der Waals surface area (Å²) in [6.45, 7) is 2.21. The first-order chi connectivity index (χ1) is 9.43. The van der Waals surface area contributed by atoms with Crippen molar-refractivity contribution in [3.63, 3.8) is 0 Å². The lowest BCUT2D eigenvalue weighted by atomic mass is 10.1. The number of carboxylic acid groups (broad SMARTS) is 1. The van der Waals surface area contributed by atoms with E-state index in [-0.39, 0.29) is 18.7 Å². The second kappa shape index (κ2) is 7.13. The Bertz CT molecular complexity index is 499. The normalized spacial score (nSPS) is 9.85. The molecule has 0 aromatic heterocycles. The third-order valence-electron chi connectivity index (χ3n) is 2.66. The number of urea groups is 1. The average molecular weight is 279 g/mol. The lowest BCUT2D eigenvalue weighted by molar-refractivity contribution is -0.118. The number of primary amides is 1. The molecule has 0 aliphatic heterocycles. The summed E-state index contributed by atoms with van der Waals surface area (Å²) in [5, 5.41) is 11.4. The number of benzene rings is 1. The van der Waals surface area contributed by atoms with Gasteiger partial charge < -0.3 is 21.1 Å². The second-order valence-electron chi connectivity index (χ2n) is 4.14. The van der Waals surface area contributed by atoms with E-state index in [2.05, 4.69) is 5.32 Å². The molecular weight excluding hydrogens is 262 g/mol. The number of nitrogens with two attached hydrogens (primary N) is 1. The lowest BCUT2D eigenvalue weighted by Crippen LogP contribution is -2.43. The van der Waals surface area contributed by atoms with Crippen molar-refractivity contribution in [2.24, 2.45) is 5.73 Å². The van der Waals surface area contributed by atoms with Crippen molar-refractivity contribution in [3.8, 4) is 0 Å². The molecule has 0 saturated carbocycles. The van der Waals surface area contributed by atoms with E-state index in [9.17, 15) is 14.4 Å². The number of nitrogens with one attached hydrogen (secondary N) is 1. The molecule has 7 nitrogen and oxygen atoms in total. The smallest absolute Gasteiger partial charge is 0.335 e. The topological polar surface area (TPSA) is 113 Å². The number of hydrogen-bond donors (Lipinski definition) is 3. The molecule has 0 heterocycles. The molecule has 0 bridgehead atoms. The number of carboxylic acids is 1. The summed E-state index contributed by atoms with van der Waals surface area (Å²) in [5.41, 5.74) is 5.99. The highest BCUT2D eigenvalue weighted by molar-refractivity contribution is 5.87. The molecule has 1 aromatic carbocycles. The Balaban J connectivity index is 2.55. The van der Waals surface area contributed by atoms with E-state index in [0.717, 1.165) is 5.56 Å². The third-order valence-corrected chi connectivity index (χ3v) is 2.66. The van der Waals surface area contributed by atoms with Crippen LogP contribution in [0, 0.1) is 0 Å². The molecule has 1 rings (SSSR count).